The van der Waals surface area contributed by atoms with Gasteiger partial charge in [-0.25, -0.2) is 9.37 Å². The van der Waals surface area contributed by atoms with Crippen molar-refractivity contribution < 1.29 is 14.0 Å². The standard InChI is InChI=1S/C23H19FN4O2S/c1-13-4-9-20(25-12-13)27-14(2)10-16(15(27)3)11-19-21(29)26-23(31)28(22(19)30)18-7-5-17(24)6-8-18/h4-12H,1-3H3,(H,26,29,31)/b19-11-. The van der Waals surface area contributed by atoms with E-state index in [2.05, 4.69) is 10.3 Å². The summed E-state index contributed by atoms with van der Waals surface area (Å²) < 4.78 is 15.3. The topological polar surface area (TPSA) is 67.2 Å². The van der Waals surface area contributed by atoms with Gasteiger partial charge in [-0.3, -0.25) is 19.8 Å². The summed E-state index contributed by atoms with van der Waals surface area (Å²) in [7, 11) is 0. The highest BCUT2D eigenvalue weighted by molar-refractivity contribution is 7.80. The second-order valence-corrected chi connectivity index (χ2v) is 7.68. The van der Waals surface area contributed by atoms with Crippen LogP contribution < -0.4 is 10.2 Å². The number of aromatic nitrogens is 2. The molecule has 0 unspecified atom stereocenters. The number of nitrogens with zero attached hydrogens (tertiary/aromatic N) is 3. The summed E-state index contributed by atoms with van der Waals surface area (Å²) in [5.74, 6) is -0.833. The van der Waals surface area contributed by atoms with Crippen LogP contribution in [0.5, 0.6) is 0 Å². The van der Waals surface area contributed by atoms with Crippen LogP contribution in [-0.2, 0) is 9.59 Å². The number of anilines is 1. The molecule has 1 aliphatic rings. The van der Waals surface area contributed by atoms with Crippen molar-refractivity contribution in [3.8, 4) is 5.82 Å². The number of nitrogens with one attached hydrogen (secondary N) is 1. The van der Waals surface area contributed by atoms with Crippen LogP contribution in [0.1, 0.15) is 22.5 Å². The van der Waals surface area contributed by atoms with Gasteiger partial charge < -0.3 is 4.57 Å². The largest absolute Gasteiger partial charge is 0.303 e. The molecule has 0 bridgehead atoms. The lowest BCUT2D eigenvalue weighted by molar-refractivity contribution is -0.122. The minimum atomic E-state index is -0.577. The highest BCUT2D eigenvalue weighted by atomic mass is 32.1. The number of thiocarbonyl (C=S) groups is 1. The Labute approximate surface area is 184 Å². The molecule has 0 saturated carbocycles. The van der Waals surface area contributed by atoms with Gasteiger partial charge in [0.05, 0.1) is 5.69 Å². The van der Waals surface area contributed by atoms with Crippen LogP contribution in [0.2, 0.25) is 0 Å². The van der Waals surface area contributed by atoms with Gasteiger partial charge >= 0.3 is 0 Å². The fraction of sp³-hybridized carbons (Fsp3) is 0.130. The molecule has 1 aromatic carbocycles. The van der Waals surface area contributed by atoms with Crippen molar-refractivity contribution in [3.63, 3.8) is 0 Å². The van der Waals surface area contributed by atoms with Gasteiger partial charge in [0.25, 0.3) is 11.8 Å². The predicted molar refractivity (Wildman–Crippen MR) is 120 cm³/mol. The zero-order valence-corrected chi connectivity index (χ0v) is 18.0. The minimum absolute atomic E-state index is 0.0481. The summed E-state index contributed by atoms with van der Waals surface area (Å²) in [6, 6.07) is 11.1. The predicted octanol–water partition coefficient (Wildman–Crippen LogP) is 3.77. The van der Waals surface area contributed by atoms with Crippen LogP contribution in [0.25, 0.3) is 11.9 Å². The summed E-state index contributed by atoms with van der Waals surface area (Å²) in [6.07, 6.45) is 3.33. The Balaban J connectivity index is 1.75. The monoisotopic (exact) mass is 434 g/mol. The van der Waals surface area contributed by atoms with Crippen molar-refractivity contribution in [2.75, 3.05) is 4.90 Å². The maximum atomic E-state index is 13.3. The molecule has 1 N–H and O–H groups in total. The third-order valence-corrected chi connectivity index (χ3v) is 5.37. The van der Waals surface area contributed by atoms with E-state index in [1.807, 2.05) is 43.5 Å². The Morgan fingerprint density at radius 1 is 1.06 bits per heavy atom. The zero-order chi connectivity index (χ0) is 22.3. The lowest BCUT2D eigenvalue weighted by Crippen LogP contribution is -2.54. The van der Waals surface area contributed by atoms with Crippen LogP contribution in [0, 0.1) is 26.6 Å². The molecule has 0 spiro atoms. The van der Waals surface area contributed by atoms with E-state index in [1.54, 1.807) is 12.3 Å². The molecule has 2 aromatic heterocycles. The molecule has 3 heterocycles. The van der Waals surface area contributed by atoms with Gasteiger partial charge in [-0.15, -0.1) is 0 Å². The van der Waals surface area contributed by atoms with Crippen molar-refractivity contribution >= 4 is 40.9 Å². The Morgan fingerprint density at radius 3 is 2.42 bits per heavy atom. The number of aryl methyl sites for hydroxylation is 2. The van der Waals surface area contributed by atoms with Gasteiger partial charge in [-0.2, -0.15) is 0 Å². The molecule has 1 aliphatic heterocycles. The van der Waals surface area contributed by atoms with Crippen LogP contribution >= 0.6 is 12.2 Å². The van der Waals surface area contributed by atoms with E-state index >= 15 is 0 Å². The van der Waals surface area contributed by atoms with E-state index in [4.69, 9.17) is 12.2 Å². The highest BCUT2D eigenvalue weighted by Gasteiger charge is 2.34. The lowest BCUT2D eigenvalue weighted by Gasteiger charge is -2.28. The summed E-state index contributed by atoms with van der Waals surface area (Å²) in [5.41, 5.74) is 3.82. The second-order valence-electron chi connectivity index (χ2n) is 7.29. The quantitative estimate of drug-likeness (QED) is 0.387. The van der Waals surface area contributed by atoms with Crippen molar-refractivity contribution in [1.29, 1.82) is 0 Å². The molecule has 8 heteroatoms. The normalized spacial score (nSPS) is 15.5. The van der Waals surface area contributed by atoms with Crippen LogP contribution in [-0.4, -0.2) is 26.5 Å². The number of amides is 2. The first-order valence-electron chi connectivity index (χ1n) is 9.55. The van der Waals surface area contributed by atoms with E-state index in [1.165, 1.54) is 29.2 Å². The molecule has 0 aliphatic carbocycles. The Hall–Kier alpha value is -3.65. The number of pyridine rings is 1. The van der Waals surface area contributed by atoms with Crippen molar-refractivity contribution in [2.45, 2.75) is 20.8 Å². The SMILES string of the molecule is Cc1ccc(-n2c(C)cc(/C=C3/C(=O)NC(=S)N(c4ccc(F)cc4)C3=O)c2C)nc1. The van der Waals surface area contributed by atoms with Crippen LogP contribution in [0.15, 0.2) is 54.2 Å². The van der Waals surface area contributed by atoms with E-state index < -0.39 is 17.6 Å². The maximum absolute atomic E-state index is 13.3. The first kappa shape index (κ1) is 20.6. The third kappa shape index (κ3) is 3.77. The molecule has 3 aromatic rings. The first-order valence-corrected chi connectivity index (χ1v) is 9.96. The summed E-state index contributed by atoms with van der Waals surface area (Å²) >= 11 is 5.18. The average Bonchev–Trinajstić information content (AvgIpc) is 3.00. The smallest absolute Gasteiger partial charge is 0.270 e. The van der Waals surface area contributed by atoms with Gasteiger partial charge in [0.1, 0.15) is 17.2 Å². The van der Waals surface area contributed by atoms with Gasteiger partial charge in [-0.05, 0) is 86.6 Å². The average molecular weight is 434 g/mol. The molecule has 31 heavy (non-hydrogen) atoms. The molecule has 6 nitrogen and oxygen atoms in total. The second kappa shape index (κ2) is 7.88. The molecule has 4 rings (SSSR count). The number of halogens is 1. The van der Waals surface area contributed by atoms with Crippen LogP contribution in [0.4, 0.5) is 10.1 Å². The maximum Gasteiger partial charge on any atom is 0.270 e. The number of hydrogen-bond donors (Lipinski definition) is 1. The van der Waals surface area contributed by atoms with E-state index in [0.717, 1.165) is 22.8 Å². The van der Waals surface area contributed by atoms with Gasteiger partial charge in [-0.1, -0.05) is 6.07 Å². The molecule has 1 saturated heterocycles. The molecule has 2 amide bonds. The number of hydrogen-bond acceptors (Lipinski definition) is 4. The van der Waals surface area contributed by atoms with Gasteiger partial charge in [0.15, 0.2) is 5.11 Å². The lowest BCUT2D eigenvalue weighted by atomic mass is 10.1. The van der Waals surface area contributed by atoms with Crippen molar-refractivity contribution in [2.24, 2.45) is 0 Å². The van der Waals surface area contributed by atoms with Gasteiger partial charge in [0.2, 0.25) is 0 Å². The summed E-state index contributed by atoms with van der Waals surface area (Å²) in [5, 5.41) is 2.49. The van der Waals surface area contributed by atoms with Crippen molar-refractivity contribution in [1.82, 2.24) is 14.9 Å². The third-order valence-electron chi connectivity index (χ3n) is 5.08. The zero-order valence-electron chi connectivity index (χ0n) is 17.1. The fourth-order valence-electron chi connectivity index (χ4n) is 3.52. The molecule has 1 fully saturated rings. The van der Waals surface area contributed by atoms with Crippen molar-refractivity contribution in [3.05, 3.63) is 82.6 Å². The summed E-state index contributed by atoms with van der Waals surface area (Å²) in [6.45, 7) is 5.79. The number of rotatable bonds is 3. The number of carbonyl (C=O) groups excluding carboxylic acids is 2. The van der Waals surface area contributed by atoms with Crippen LogP contribution in [0.3, 0.4) is 0 Å². The Morgan fingerprint density at radius 2 is 1.77 bits per heavy atom. The number of benzene rings is 1. The summed E-state index contributed by atoms with van der Waals surface area (Å²) in [4.78, 5) is 31.4. The molecule has 0 radical (unpaired) electrons. The molecule has 0 atom stereocenters. The molecular formula is C23H19FN4O2S. The number of carbonyl (C=O) groups is 2. The Bertz CT molecular complexity index is 1240. The fourth-order valence-corrected chi connectivity index (χ4v) is 3.80. The molecular weight excluding hydrogens is 415 g/mol. The highest BCUT2D eigenvalue weighted by Crippen LogP contribution is 2.25. The van der Waals surface area contributed by atoms with E-state index in [-0.39, 0.29) is 10.7 Å². The first-order chi connectivity index (χ1) is 14.8. The minimum Gasteiger partial charge on any atom is -0.303 e. The van der Waals surface area contributed by atoms with Gasteiger partial charge in [0, 0.05) is 17.6 Å². The van der Waals surface area contributed by atoms with E-state index in [0.29, 0.717) is 11.3 Å². The Kier molecular flexibility index (Phi) is 5.24. The molecule has 156 valence electrons. The van der Waals surface area contributed by atoms with E-state index in [9.17, 15) is 14.0 Å².